The fourth-order valence-corrected chi connectivity index (χ4v) is 6.03. The van der Waals surface area contributed by atoms with Gasteiger partial charge in [0.05, 0.1) is 20.3 Å². The van der Waals surface area contributed by atoms with E-state index < -0.39 is 16.1 Å². The van der Waals surface area contributed by atoms with E-state index >= 15 is 0 Å². The van der Waals surface area contributed by atoms with E-state index in [1.54, 1.807) is 36.9 Å². The molecule has 0 saturated heterocycles. The number of methoxy groups -OCH3 is 2. The van der Waals surface area contributed by atoms with Crippen LogP contribution in [0.1, 0.15) is 22.0 Å². The summed E-state index contributed by atoms with van der Waals surface area (Å²) in [7, 11) is -0.529. The van der Waals surface area contributed by atoms with Gasteiger partial charge in [0, 0.05) is 23.8 Å². The van der Waals surface area contributed by atoms with E-state index in [4.69, 9.17) is 9.47 Å². The molecular formula is C20H20N2O4S2. The maximum atomic E-state index is 13.4. The lowest BCUT2D eigenvalue weighted by Crippen LogP contribution is -2.40. The van der Waals surface area contributed by atoms with Crippen molar-refractivity contribution in [3.05, 3.63) is 70.2 Å². The second-order valence-electron chi connectivity index (χ2n) is 6.38. The molecular weight excluding hydrogens is 396 g/mol. The van der Waals surface area contributed by atoms with E-state index in [1.807, 2.05) is 29.6 Å². The first-order valence-electron chi connectivity index (χ1n) is 8.76. The number of pyridine rings is 1. The van der Waals surface area contributed by atoms with Gasteiger partial charge in [-0.1, -0.05) is 6.07 Å². The Kier molecular flexibility index (Phi) is 5.09. The number of fused-ring (bicyclic) bond motifs is 1. The molecule has 6 nitrogen and oxygen atoms in total. The lowest BCUT2D eigenvalue weighted by atomic mass is 9.92. The van der Waals surface area contributed by atoms with Crippen molar-refractivity contribution < 1.29 is 17.9 Å². The van der Waals surface area contributed by atoms with Crippen LogP contribution in [0.4, 0.5) is 0 Å². The lowest BCUT2D eigenvalue weighted by molar-refractivity contribution is 0.334. The molecule has 2 aromatic heterocycles. The predicted octanol–water partition coefficient (Wildman–Crippen LogP) is 3.50. The number of rotatable bonds is 5. The second kappa shape index (κ2) is 7.54. The van der Waals surface area contributed by atoms with Gasteiger partial charge in [-0.25, -0.2) is 8.42 Å². The van der Waals surface area contributed by atoms with Crippen LogP contribution in [0.25, 0.3) is 0 Å². The van der Waals surface area contributed by atoms with Crippen molar-refractivity contribution >= 4 is 21.4 Å². The van der Waals surface area contributed by atoms with Gasteiger partial charge in [0.1, 0.15) is 4.90 Å². The van der Waals surface area contributed by atoms with Gasteiger partial charge in [-0.05, 0) is 53.3 Å². The Bertz CT molecular complexity index is 1070. The van der Waals surface area contributed by atoms with Crippen molar-refractivity contribution in [1.29, 1.82) is 0 Å². The van der Waals surface area contributed by atoms with Crippen molar-refractivity contribution in [2.45, 2.75) is 17.4 Å². The summed E-state index contributed by atoms with van der Waals surface area (Å²) in [5.74, 6) is 1.23. The largest absolute Gasteiger partial charge is 0.493 e. The SMILES string of the molecule is COc1cc2c(cc1OC)[C@H](c1cccs1)N(S(=O)(=O)c1cccnc1)CC2. The first-order valence-corrected chi connectivity index (χ1v) is 11.1. The van der Waals surface area contributed by atoms with Gasteiger partial charge in [-0.3, -0.25) is 4.98 Å². The first-order chi connectivity index (χ1) is 13.6. The molecule has 1 aliphatic rings. The Morgan fingerprint density at radius 1 is 1.14 bits per heavy atom. The van der Waals surface area contributed by atoms with Gasteiger partial charge in [0.25, 0.3) is 0 Å². The number of hydrogen-bond acceptors (Lipinski definition) is 6. The smallest absolute Gasteiger partial charge is 0.245 e. The second-order valence-corrected chi connectivity index (χ2v) is 9.25. The molecule has 1 atom stereocenters. The average Bonchev–Trinajstić information content (AvgIpc) is 3.26. The highest BCUT2D eigenvalue weighted by atomic mass is 32.2. The summed E-state index contributed by atoms with van der Waals surface area (Å²) in [4.78, 5) is 5.14. The Morgan fingerprint density at radius 2 is 1.93 bits per heavy atom. The minimum absolute atomic E-state index is 0.195. The number of ether oxygens (including phenoxy) is 2. The third-order valence-electron chi connectivity index (χ3n) is 4.88. The van der Waals surface area contributed by atoms with Crippen LogP contribution in [0.15, 0.2) is 59.1 Å². The molecule has 0 aliphatic carbocycles. The number of benzene rings is 1. The Labute approximate surface area is 168 Å². The van der Waals surface area contributed by atoms with E-state index in [0.29, 0.717) is 24.5 Å². The third kappa shape index (κ3) is 3.17. The summed E-state index contributed by atoms with van der Waals surface area (Å²) in [6, 6.07) is 10.5. The van der Waals surface area contributed by atoms with Crippen LogP contribution in [-0.2, 0) is 16.4 Å². The van der Waals surface area contributed by atoms with E-state index in [9.17, 15) is 8.42 Å². The maximum absolute atomic E-state index is 13.4. The number of sulfonamides is 1. The van der Waals surface area contributed by atoms with Crippen molar-refractivity contribution in [3.8, 4) is 11.5 Å². The molecule has 28 heavy (non-hydrogen) atoms. The first kappa shape index (κ1) is 18.9. The fraction of sp³-hybridized carbons (Fsp3) is 0.250. The summed E-state index contributed by atoms with van der Waals surface area (Å²) in [5.41, 5.74) is 1.98. The van der Waals surface area contributed by atoms with Gasteiger partial charge in [0.15, 0.2) is 11.5 Å². The monoisotopic (exact) mass is 416 g/mol. The minimum Gasteiger partial charge on any atom is -0.493 e. The van der Waals surface area contributed by atoms with Crippen LogP contribution < -0.4 is 9.47 Å². The van der Waals surface area contributed by atoms with Crippen molar-refractivity contribution in [3.63, 3.8) is 0 Å². The fourth-order valence-electron chi connectivity index (χ4n) is 3.56. The zero-order chi connectivity index (χ0) is 19.7. The summed E-state index contributed by atoms with van der Waals surface area (Å²) in [5, 5.41) is 1.96. The molecule has 1 aliphatic heterocycles. The lowest BCUT2D eigenvalue weighted by Gasteiger charge is -2.36. The molecule has 0 unspecified atom stereocenters. The van der Waals surface area contributed by atoms with Gasteiger partial charge in [0.2, 0.25) is 10.0 Å². The van der Waals surface area contributed by atoms with E-state index in [-0.39, 0.29) is 4.90 Å². The molecule has 0 N–H and O–H groups in total. The quantitative estimate of drug-likeness (QED) is 0.637. The van der Waals surface area contributed by atoms with E-state index in [0.717, 1.165) is 16.0 Å². The third-order valence-corrected chi connectivity index (χ3v) is 7.66. The normalized spacial score (nSPS) is 17.1. The number of hydrogen-bond donors (Lipinski definition) is 0. The summed E-state index contributed by atoms with van der Waals surface area (Å²) in [6.07, 6.45) is 3.56. The Balaban J connectivity index is 1.89. The van der Waals surface area contributed by atoms with Crippen molar-refractivity contribution in [1.82, 2.24) is 9.29 Å². The molecule has 0 spiro atoms. The highest BCUT2D eigenvalue weighted by Gasteiger charge is 2.38. The molecule has 8 heteroatoms. The van der Waals surface area contributed by atoms with Crippen LogP contribution in [0.2, 0.25) is 0 Å². The minimum atomic E-state index is -3.71. The molecule has 0 amide bonds. The van der Waals surface area contributed by atoms with Crippen molar-refractivity contribution in [2.24, 2.45) is 0 Å². The van der Waals surface area contributed by atoms with Gasteiger partial charge >= 0.3 is 0 Å². The molecule has 0 saturated carbocycles. The molecule has 4 rings (SSSR count). The molecule has 3 aromatic rings. The van der Waals surface area contributed by atoms with Crippen LogP contribution in [-0.4, -0.2) is 38.5 Å². The van der Waals surface area contributed by atoms with E-state index in [2.05, 4.69) is 4.98 Å². The van der Waals surface area contributed by atoms with Gasteiger partial charge in [-0.15, -0.1) is 11.3 Å². The Hall–Kier alpha value is -2.42. The molecule has 146 valence electrons. The molecule has 0 fully saturated rings. The number of aromatic nitrogens is 1. The summed E-state index contributed by atoms with van der Waals surface area (Å²) < 4.78 is 39.3. The van der Waals surface area contributed by atoms with Crippen LogP contribution in [0.5, 0.6) is 11.5 Å². The Morgan fingerprint density at radius 3 is 2.57 bits per heavy atom. The summed E-state index contributed by atoms with van der Waals surface area (Å²) >= 11 is 1.54. The topological polar surface area (TPSA) is 68.7 Å². The van der Waals surface area contributed by atoms with Gasteiger partial charge in [-0.2, -0.15) is 4.31 Å². The summed E-state index contributed by atoms with van der Waals surface area (Å²) in [6.45, 7) is 0.377. The maximum Gasteiger partial charge on any atom is 0.245 e. The zero-order valence-electron chi connectivity index (χ0n) is 15.5. The van der Waals surface area contributed by atoms with E-state index in [1.165, 1.54) is 17.5 Å². The highest BCUT2D eigenvalue weighted by molar-refractivity contribution is 7.89. The predicted molar refractivity (Wildman–Crippen MR) is 108 cm³/mol. The van der Waals surface area contributed by atoms with Crippen LogP contribution >= 0.6 is 11.3 Å². The zero-order valence-corrected chi connectivity index (χ0v) is 17.2. The number of nitrogens with zero attached hydrogens (tertiary/aromatic N) is 2. The average molecular weight is 417 g/mol. The molecule has 1 aromatic carbocycles. The standard InChI is InChI=1S/C20H20N2O4S2/c1-25-17-11-14-7-9-22(28(23,24)15-5-3-8-21-13-15)20(19-6-4-10-27-19)16(14)12-18(17)26-2/h3-6,8,10-13,20H,7,9H2,1-2H3/t20-/m1/s1. The van der Waals surface area contributed by atoms with Crippen LogP contribution in [0.3, 0.4) is 0 Å². The van der Waals surface area contributed by atoms with Crippen molar-refractivity contribution in [2.75, 3.05) is 20.8 Å². The highest BCUT2D eigenvalue weighted by Crippen LogP contribution is 2.44. The molecule has 3 heterocycles. The molecule has 0 radical (unpaired) electrons. The number of thiophene rings is 1. The van der Waals surface area contributed by atoms with Crippen LogP contribution in [0, 0.1) is 0 Å². The molecule has 0 bridgehead atoms. The van der Waals surface area contributed by atoms with Gasteiger partial charge < -0.3 is 9.47 Å².